The summed E-state index contributed by atoms with van der Waals surface area (Å²) in [6, 6.07) is -0.0842. The first kappa shape index (κ1) is 12.6. The fraction of sp³-hybridized carbons (Fsp3) is 0.545. The van der Waals surface area contributed by atoms with Crippen molar-refractivity contribution in [3.05, 3.63) is 12.4 Å². The topological polar surface area (TPSA) is 110 Å². The van der Waals surface area contributed by atoms with Gasteiger partial charge in [-0.3, -0.25) is 14.3 Å². The summed E-state index contributed by atoms with van der Waals surface area (Å²) in [5.74, 6) is -0.665. The number of carbonyl (C=O) groups excluding carboxylic acids is 1. The number of carboxylic acid groups (broad SMARTS) is 1. The van der Waals surface area contributed by atoms with Crippen molar-refractivity contribution in [3.63, 3.8) is 0 Å². The van der Waals surface area contributed by atoms with Crippen molar-refractivity contribution in [2.45, 2.75) is 31.8 Å². The average molecular weight is 252 g/mol. The molecule has 0 bridgehead atoms. The molecule has 1 saturated carbocycles. The molecule has 0 saturated heterocycles. The van der Waals surface area contributed by atoms with E-state index in [9.17, 15) is 9.59 Å². The molecule has 7 nitrogen and oxygen atoms in total. The molecule has 1 fully saturated rings. The Morgan fingerprint density at radius 3 is 2.94 bits per heavy atom. The third-order valence-corrected chi connectivity index (χ3v) is 2.86. The summed E-state index contributed by atoms with van der Waals surface area (Å²) < 4.78 is 1.25. The quantitative estimate of drug-likeness (QED) is 0.661. The number of nitrogens with zero attached hydrogens (tertiary/aromatic N) is 2. The number of hydrogen-bond acceptors (Lipinski definition) is 4. The van der Waals surface area contributed by atoms with Crippen LogP contribution in [0.2, 0.25) is 0 Å². The van der Waals surface area contributed by atoms with E-state index >= 15 is 0 Å². The van der Waals surface area contributed by atoms with Crippen molar-refractivity contribution in [1.29, 1.82) is 0 Å². The molecule has 1 amide bonds. The lowest BCUT2D eigenvalue weighted by molar-refractivity contribution is -0.137. The molecule has 0 spiro atoms. The SMILES string of the molecule is NC(CC(=O)Nc1cnn(CC(=O)O)c1)C1CC1. The first-order chi connectivity index (χ1) is 8.54. The minimum absolute atomic E-state index is 0.0842. The largest absolute Gasteiger partial charge is 0.480 e. The highest BCUT2D eigenvalue weighted by atomic mass is 16.4. The van der Waals surface area contributed by atoms with Crippen LogP contribution >= 0.6 is 0 Å². The molecule has 0 aliphatic heterocycles. The van der Waals surface area contributed by atoms with Crippen LogP contribution in [0.4, 0.5) is 5.69 Å². The third kappa shape index (κ3) is 3.56. The predicted octanol–water partition coefficient (Wildman–Crippen LogP) is 0.0336. The average Bonchev–Trinajstić information content (AvgIpc) is 3.02. The second-order valence-corrected chi connectivity index (χ2v) is 4.57. The molecule has 7 heteroatoms. The zero-order valence-corrected chi connectivity index (χ0v) is 9.87. The fourth-order valence-electron chi connectivity index (χ4n) is 1.77. The fourth-order valence-corrected chi connectivity index (χ4v) is 1.77. The van der Waals surface area contributed by atoms with E-state index in [0.29, 0.717) is 11.6 Å². The predicted molar refractivity (Wildman–Crippen MR) is 63.8 cm³/mol. The van der Waals surface area contributed by atoms with Crippen LogP contribution in [0, 0.1) is 5.92 Å². The molecular weight excluding hydrogens is 236 g/mol. The number of amides is 1. The van der Waals surface area contributed by atoms with Gasteiger partial charge in [0.05, 0.1) is 11.9 Å². The molecule has 0 aromatic carbocycles. The maximum absolute atomic E-state index is 11.6. The van der Waals surface area contributed by atoms with Crippen LogP contribution < -0.4 is 11.1 Å². The van der Waals surface area contributed by atoms with Crippen molar-refractivity contribution in [3.8, 4) is 0 Å². The highest BCUT2D eigenvalue weighted by Gasteiger charge is 2.29. The van der Waals surface area contributed by atoms with E-state index in [1.165, 1.54) is 17.1 Å². The lowest BCUT2D eigenvalue weighted by Crippen LogP contribution is -2.28. The van der Waals surface area contributed by atoms with Gasteiger partial charge >= 0.3 is 5.97 Å². The van der Waals surface area contributed by atoms with Gasteiger partial charge in [-0.1, -0.05) is 0 Å². The second kappa shape index (κ2) is 5.18. The molecule has 1 heterocycles. The monoisotopic (exact) mass is 252 g/mol. The summed E-state index contributed by atoms with van der Waals surface area (Å²) in [7, 11) is 0. The van der Waals surface area contributed by atoms with Gasteiger partial charge in [0.1, 0.15) is 6.54 Å². The Bertz CT molecular complexity index is 453. The zero-order chi connectivity index (χ0) is 13.1. The highest BCUT2D eigenvalue weighted by Crippen LogP contribution is 2.32. The maximum Gasteiger partial charge on any atom is 0.325 e. The number of rotatable bonds is 6. The maximum atomic E-state index is 11.6. The molecule has 1 aromatic heterocycles. The molecule has 1 aromatic rings. The summed E-state index contributed by atoms with van der Waals surface area (Å²) in [5, 5.41) is 15.1. The van der Waals surface area contributed by atoms with Gasteiger partial charge in [-0.2, -0.15) is 5.10 Å². The van der Waals surface area contributed by atoms with Gasteiger partial charge in [0.25, 0.3) is 0 Å². The van der Waals surface area contributed by atoms with E-state index in [1.54, 1.807) is 0 Å². The Kier molecular flexibility index (Phi) is 3.61. The van der Waals surface area contributed by atoms with E-state index in [0.717, 1.165) is 12.8 Å². The summed E-state index contributed by atoms with van der Waals surface area (Å²) in [6.45, 7) is -0.225. The molecule has 4 N–H and O–H groups in total. The normalized spacial score (nSPS) is 16.3. The smallest absolute Gasteiger partial charge is 0.325 e. The third-order valence-electron chi connectivity index (χ3n) is 2.86. The van der Waals surface area contributed by atoms with Crippen molar-refractivity contribution < 1.29 is 14.7 Å². The Labute approximate surface area is 104 Å². The number of carbonyl (C=O) groups is 2. The lowest BCUT2D eigenvalue weighted by Gasteiger charge is -2.09. The minimum atomic E-state index is -0.980. The molecule has 1 atom stereocenters. The number of hydrogen-bond donors (Lipinski definition) is 3. The summed E-state index contributed by atoms with van der Waals surface area (Å²) >= 11 is 0. The summed E-state index contributed by atoms with van der Waals surface area (Å²) in [6.07, 6.45) is 5.39. The van der Waals surface area contributed by atoms with Gasteiger partial charge in [-0.05, 0) is 18.8 Å². The van der Waals surface area contributed by atoms with Gasteiger partial charge in [0.15, 0.2) is 0 Å². The van der Waals surface area contributed by atoms with Crippen LogP contribution in [0.5, 0.6) is 0 Å². The van der Waals surface area contributed by atoms with E-state index in [2.05, 4.69) is 10.4 Å². The van der Waals surface area contributed by atoms with Crippen LogP contribution in [-0.4, -0.2) is 32.8 Å². The van der Waals surface area contributed by atoms with Gasteiger partial charge < -0.3 is 16.2 Å². The molecular formula is C11H16N4O3. The van der Waals surface area contributed by atoms with Crippen LogP contribution in [-0.2, 0) is 16.1 Å². The number of aromatic nitrogens is 2. The number of carboxylic acids is 1. The van der Waals surface area contributed by atoms with Crippen LogP contribution in [0.1, 0.15) is 19.3 Å². The molecule has 1 aliphatic rings. The number of aliphatic carboxylic acids is 1. The van der Waals surface area contributed by atoms with Crippen LogP contribution in [0.25, 0.3) is 0 Å². The van der Waals surface area contributed by atoms with Crippen molar-refractivity contribution in [2.24, 2.45) is 11.7 Å². The van der Waals surface area contributed by atoms with Crippen molar-refractivity contribution >= 4 is 17.6 Å². The van der Waals surface area contributed by atoms with Gasteiger partial charge in [-0.25, -0.2) is 0 Å². The number of nitrogens with two attached hydrogens (primary N) is 1. The van der Waals surface area contributed by atoms with E-state index < -0.39 is 5.97 Å². The zero-order valence-electron chi connectivity index (χ0n) is 9.87. The first-order valence-electron chi connectivity index (χ1n) is 5.84. The molecule has 2 rings (SSSR count). The van der Waals surface area contributed by atoms with E-state index in [1.807, 2.05) is 0 Å². The Balaban J connectivity index is 1.82. The molecule has 1 aliphatic carbocycles. The Morgan fingerprint density at radius 2 is 2.33 bits per heavy atom. The van der Waals surface area contributed by atoms with Gasteiger partial charge in [0.2, 0.25) is 5.91 Å². The van der Waals surface area contributed by atoms with E-state index in [4.69, 9.17) is 10.8 Å². The van der Waals surface area contributed by atoms with Crippen LogP contribution in [0.3, 0.4) is 0 Å². The number of anilines is 1. The Morgan fingerprint density at radius 1 is 1.61 bits per heavy atom. The summed E-state index contributed by atoms with van der Waals surface area (Å²) in [4.78, 5) is 22.1. The van der Waals surface area contributed by atoms with Gasteiger partial charge in [0, 0.05) is 18.7 Å². The molecule has 1 unspecified atom stereocenters. The molecule has 0 radical (unpaired) electrons. The van der Waals surface area contributed by atoms with Crippen LogP contribution in [0.15, 0.2) is 12.4 Å². The Hall–Kier alpha value is -1.89. The lowest BCUT2D eigenvalue weighted by atomic mass is 10.1. The first-order valence-corrected chi connectivity index (χ1v) is 5.84. The summed E-state index contributed by atoms with van der Waals surface area (Å²) in [5.41, 5.74) is 6.34. The van der Waals surface area contributed by atoms with Gasteiger partial charge in [-0.15, -0.1) is 0 Å². The van der Waals surface area contributed by atoms with Crippen molar-refractivity contribution in [1.82, 2.24) is 9.78 Å². The number of nitrogens with one attached hydrogen (secondary N) is 1. The van der Waals surface area contributed by atoms with E-state index in [-0.39, 0.29) is 24.9 Å². The molecule has 98 valence electrons. The second-order valence-electron chi connectivity index (χ2n) is 4.57. The minimum Gasteiger partial charge on any atom is -0.480 e. The van der Waals surface area contributed by atoms with Crippen molar-refractivity contribution in [2.75, 3.05) is 5.32 Å². The molecule has 18 heavy (non-hydrogen) atoms. The standard InChI is InChI=1S/C11H16N4O3/c12-9(7-1-2-7)3-10(16)14-8-4-13-15(5-8)6-11(17)18/h4-5,7,9H,1-3,6,12H2,(H,14,16)(H,17,18). The highest BCUT2D eigenvalue weighted by molar-refractivity contribution is 5.90.